The van der Waals surface area contributed by atoms with E-state index in [0.717, 1.165) is 18.5 Å². The van der Waals surface area contributed by atoms with E-state index in [1.54, 1.807) is 6.07 Å². The first-order chi connectivity index (χ1) is 9.06. The predicted octanol–water partition coefficient (Wildman–Crippen LogP) is 1.98. The number of hydrogen-bond acceptors (Lipinski definition) is 5. The number of carbonyl (C=O) groups excluding carboxylic acids is 1. The molecular formula is C13H18N2O4. The molecule has 0 unspecified atom stereocenters. The third kappa shape index (κ3) is 5.05. The lowest BCUT2D eigenvalue weighted by Gasteiger charge is -2.20. The molecule has 0 bridgehead atoms. The van der Waals surface area contributed by atoms with E-state index in [1.165, 1.54) is 19.2 Å². The number of nitrogens with zero attached hydrogens (tertiary/aromatic N) is 2. The van der Waals surface area contributed by atoms with Gasteiger partial charge in [-0.25, -0.2) is 0 Å². The Morgan fingerprint density at radius 3 is 2.79 bits per heavy atom. The third-order valence-electron chi connectivity index (χ3n) is 2.65. The highest BCUT2D eigenvalue weighted by Crippen LogP contribution is 2.14. The minimum Gasteiger partial charge on any atom is -0.468 e. The number of benzene rings is 1. The summed E-state index contributed by atoms with van der Waals surface area (Å²) in [6.07, 6.45) is 0.895. The zero-order chi connectivity index (χ0) is 14.3. The normalized spacial score (nSPS) is 10.5. The highest BCUT2D eigenvalue weighted by Gasteiger charge is 2.12. The first kappa shape index (κ1) is 15.1. The van der Waals surface area contributed by atoms with Crippen molar-refractivity contribution in [2.45, 2.75) is 19.9 Å². The van der Waals surface area contributed by atoms with Gasteiger partial charge in [-0.3, -0.25) is 19.8 Å². The molecule has 0 atom stereocenters. The van der Waals surface area contributed by atoms with Crippen LogP contribution in [0.2, 0.25) is 0 Å². The summed E-state index contributed by atoms with van der Waals surface area (Å²) in [6.45, 7) is 3.42. The molecule has 0 aliphatic carbocycles. The van der Waals surface area contributed by atoms with Crippen LogP contribution in [0.1, 0.15) is 18.9 Å². The lowest BCUT2D eigenvalue weighted by atomic mass is 10.2. The number of nitro groups is 1. The van der Waals surface area contributed by atoms with Crippen LogP contribution < -0.4 is 0 Å². The van der Waals surface area contributed by atoms with E-state index in [0.29, 0.717) is 6.54 Å². The van der Waals surface area contributed by atoms with E-state index in [-0.39, 0.29) is 18.2 Å². The fourth-order valence-electron chi connectivity index (χ4n) is 1.80. The van der Waals surface area contributed by atoms with Crippen molar-refractivity contribution in [3.8, 4) is 0 Å². The first-order valence-corrected chi connectivity index (χ1v) is 6.09. The van der Waals surface area contributed by atoms with Gasteiger partial charge in [0.1, 0.15) is 0 Å². The number of ether oxygens (including phenoxy) is 1. The monoisotopic (exact) mass is 266 g/mol. The highest BCUT2D eigenvalue weighted by atomic mass is 16.6. The summed E-state index contributed by atoms with van der Waals surface area (Å²) in [7, 11) is 1.35. The highest BCUT2D eigenvalue weighted by molar-refractivity contribution is 5.71. The van der Waals surface area contributed by atoms with E-state index in [1.807, 2.05) is 17.9 Å². The number of hydrogen-bond donors (Lipinski definition) is 0. The number of non-ortho nitro benzene ring substituents is 1. The topological polar surface area (TPSA) is 72.7 Å². The molecule has 0 fully saturated rings. The maximum atomic E-state index is 11.3. The second kappa shape index (κ2) is 7.48. The van der Waals surface area contributed by atoms with Crippen molar-refractivity contribution in [1.29, 1.82) is 0 Å². The summed E-state index contributed by atoms with van der Waals surface area (Å²) >= 11 is 0. The third-order valence-corrected chi connectivity index (χ3v) is 2.65. The average molecular weight is 266 g/mol. The molecular weight excluding hydrogens is 248 g/mol. The average Bonchev–Trinajstić information content (AvgIpc) is 2.39. The minimum atomic E-state index is -0.423. The molecule has 1 aromatic carbocycles. The molecule has 19 heavy (non-hydrogen) atoms. The number of methoxy groups -OCH3 is 1. The van der Waals surface area contributed by atoms with Crippen LogP contribution in [0.25, 0.3) is 0 Å². The van der Waals surface area contributed by atoms with Gasteiger partial charge in [-0.1, -0.05) is 19.1 Å². The Hall–Kier alpha value is -1.95. The fraction of sp³-hybridized carbons (Fsp3) is 0.462. The Labute approximate surface area is 112 Å². The van der Waals surface area contributed by atoms with Gasteiger partial charge in [0, 0.05) is 18.7 Å². The van der Waals surface area contributed by atoms with Gasteiger partial charge >= 0.3 is 5.97 Å². The van der Waals surface area contributed by atoms with Crippen molar-refractivity contribution in [3.05, 3.63) is 39.9 Å². The number of rotatable bonds is 7. The number of nitro benzene ring substituents is 1. The summed E-state index contributed by atoms with van der Waals surface area (Å²) in [5.41, 5.74) is 0.874. The summed E-state index contributed by atoms with van der Waals surface area (Å²) in [5, 5.41) is 10.7. The van der Waals surface area contributed by atoms with Crippen LogP contribution >= 0.6 is 0 Å². The van der Waals surface area contributed by atoms with Crippen molar-refractivity contribution in [1.82, 2.24) is 4.90 Å². The molecule has 6 nitrogen and oxygen atoms in total. The van der Waals surface area contributed by atoms with Gasteiger partial charge in [0.2, 0.25) is 0 Å². The number of esters is 1. The van der Waals surface area contributed by atoms with Crippen LogP contribution in [0.4, 0.5) is 5.69 Å². The molecule has 0 saturated carbocycles. The van der Waals surface area contributed by atoms with Crippen molar-refractivity contribution >= 4 is 11.7 Å². The van der Waals surface area contributed by atoms with Crippen LogP contribution in [-0.4, -0.2) is 36.0 Å². The summed E-state index contributed by atoms with van der Waals surface area (Å²) in [4.78, 5) is 23.5. The Balaban J connectivity index is 2.75. The van der Waals surface area contributed by atoms with Crippen LogP contribution in [0.3, 0.4) is 0 Å². The maximum Gasteiger partial charge on any atom is 0.319 e. The van der Waals surface area contributed by atoms with Crippen LogP contribution in [-0.2, 0) is 16.1 Å². The van der Waals surface area contributed by atoms with Crippen LogP contribution in [0, 0.1) is 10.1 Å². The Bertz CT molecular complexity index is 448. The van der Waals surface area contributed by atoms with E-state index < -0.39 is 4.92 Å². The van der Waals surface area contributed by atoms with Gasteiger partial charge in [0.05, 0.1) is 18.6 Å². The molecule has 0 aromatic heterocycles. The minimum absolute atomic E-state index is 0.0621. The zero-order valence-electron chi connectivity index (χ0n) is 11.2. The molecule has 0 aliphatic heterocycles. The van der Waals surface area contributed by atoms with Crippen molar-refractivity contribution < 1.29 is 14.5 Å². The molecule has 0 amide bonds. The summed E-state index contributed by atoms with van der Waals surface area (Å²) < 4.78 is 4.64. The van der Waals surface area contributed by atoms with Crippen molar-refractivity contribution in [3.63, 3.8) is 0 Å². The van der Waals surface area contributed by atoms with Gasteiger partial charge in [-0.15, -0.1) is 0 Å². The maximum absolute atomic E-state index is 11.3. The van der Waals surface area contributed by atoms with Gasteiger partial charge in [-0.05, 0) is 18.5 Å². The number of carbonyl (C=O) groups is 1. The molecule has 1 aromatic rings. The lowest BCUT2D eigenvalue weighted by molar-refractivity contribution is -0.384. The van der Waals surface area contributed by atoms with E-state index in [4.69, 9.17) is 0 Å². The second-order valence-electron chi connectivity index (χ2n) is 4.21. The van der Waals surface area contributed by atoms with E-state index in [2.05, 4.69) is 4.74 Å². The standard InChI is InChI=1S/C13H18N2O4/c1-3-7-14(10-13(16)19-2)9-11-5-4-6-12(8-11)15(17)18/h4-6,8H,3,7,9-10H2,1-2H3. The molecule has 104 valence electrons. The Morgan fingerprint density at radius 1 is 1.47 bits per heavy atom. The molecule has 0 N–H and O–H groups in total. The van der Waals surface area contributed by atoms with E-state index >= 15 is 0 Å². The lowest BCUT2D eigenvalue weighted by Crippen LogP contribution is -2.30. The fourth-order valence-corrected chi connectivity index (χ4v) is 1.80. The Morgan fingerprint density at radius 2 is 2.21 bits per heavy atom. The molecule has 1 rings (SSSR count). The van der Waals surface area contributed by atoms with Crippen molar-refractivity contribution in [2.24, 2.45) is 0 Å². The predicted molar refractivity (Wildman–Crippen MR) is 70.7 cm³/mol. The zero-order valence-corrected chi connectivity index (χ0v) is 11.2. The summed E-state index contributed by atoms with van der Waals surface area (Å²) in [6, 6.07) is 6.44. The molecule has 0 heterocycles. The quantitative estimate of drug-likeness (QED) is 0.428. The SMILES string of the molecule is CCCN(CC(=O)OC)Cc1cccc([N+](=O)[O-])c1. The molecule has 0 spiro atoms. The van der Waals surface area contributed by atoms with Gasteiger partial charge < -0.3 is 4.74 Å². The molecule has 0 aliphatic rings. The largest absolute Gasteiger partial charge is 0.468 e. The molecule has 0 saturated heterocycles. The Kier molecular flexibility index (Phi) is 5.95. The molecule has 6 heteroatoms. The van der Waals surface area contributed by atoms with E-state index in [9.17, 15) is 14.9 Å². The smallest absolute Gasteiger partial charge is 0.319 e. The first-order valence-electron chi connectivity index (χ1n) is 6.09. The van der Waals surface area contributed by atoms with Gasteiger partial charge in [0.25, 0.3) is 5.69 Å². The second-order valence-corrected chi connectivity index (χ2v) is 4.21. The van der Waals surface area contributed by atoms with Crippen LogP contribution in [0.5, 0.6) is 0 Å². The molecule has 0 radical (unpaired) electrons. The van der Waals surface area contributed by atoms with Gasteiger partial charge in [0.15, 0.2) is 0 Å². The van der Waals surface area contributed by atoms with Crippen molar-refractivity contribution in [2.75, 3.05) is 20.2 Å². The van der Waals surface area contributed by atoms with Crippen LogP contribution in [0.15, 0.2) is 24.3 Å². The summed E-state index contributed by atoms with van der Waals surface area (Å²) in [5.74, 6) is -0.307. The van der Waals surface area contributed by atoms with Gasteiger partial charge in [-0.2, -0.15) is 0 Å².